The standard InChI is InChI=1S/C16H23NO3S/c1-11(2)20-14-8-12(4-5-13(14)17)21-10-16(6-7-16)9-15(18)19-3/h4-5,8,11H,6-7,9-10,17H2,1-3H3. The Morgan fingerprint density at radius 3 is 2.71 bits per heavy atom. The Balaban J connectivity index is 1.96. The molecule has 0 amide bonds. The van der Waals surface area contributed by atoms with Gasteiger partial charge in [-0.3, -0.25) is 4.79 Å². The number of benzene rings is 1. The van der Waals surface area contributed by atoms with Crippen molar-refractivity contribution in [1.82, 2.24) is 0 Å². The van der Waals surface area contributed by atoms with Crippen molar-refractivity contribution < 1.29 is 14.3 Å². The van der Waals surface area contributed by atoms with Gasteiger partial charge in [-0.2, -0.15) is 0 Å². The number of anilines is 1. The molecule has 0 unspecified atom stereocenters. The van der Waals surface area contributed by atoms with Crippen LogP contribution in [-0.2, 0) is 9.53 Å². The van der Waals surface area contributed by atoms with Crippen molar-refractivity contribution in [2.24, 2.45) is 5.41 Å². The molecular formula is C16H23NO3S. The van der Waals surface area contributed by atoms with Gasteiger partial charge in [-0.25, -0.2) is 0 Å². The molecule has 1 aliphatic carbocycles. The highest BCUT2D eigenvalue weighted by Gasteiger charge is 2.44. The highest BCUT2D eigenvalue weighted by Crippen LogP contribution is 2.52. The summed E-state index contributed by atoms with van der Waals surface area (Å²) in [6.07, 6.45) is 2.81. The maximum atomic E-state index is 11.4. The number of carbonyl (C=O) groups excluding carboxylic acids is 1. The van der Waals surface area contributed by atoms with Gasteiger partial charge in [0.2, 0.25) is 0 Å². The second-order valence-electron chi connectivity index (χ2n) is 5.91. The molecule has 1 fully saturated rings. The molecule has 2 N–H and O–H groups in total. The van der Waals surface area contributed by atoms with E-state index in [1.54, 1.807) is 11.8 Å². The smallest absolute Gasteiger partial charge is 0.306 e. The summed E-state index contributed by atoms with van der Waals surface area (Å²) in [6, 6.07) is 5.86. The van der Waals surface area contributed by atoms with Crippen molar-refractivity contribution in [1.29, 1.82) is 0 Å². The van der Waals surface area contributed by atoms with Crippen LogP contribution in [0.5, 0.6) is 5.75 Å². The first kappa shape index (κ1) is 16.0. The van der Waals surface area contributed by atoms with Gasteiger partial charge in [-0.15, -0.1) is 11.8 Å². The zero-order chi connectivity index (χ0) is 15.5. The minimum absolute atomic E-state index is 0.0987. The lowest BCUT2D eigenvalue weighted by molar-refractivity contribution is -0.141. The van der Waals surface area contributed by atoms with Crippen LogP contribution in [0.15, 0.2) is 23.1 Å². The van der Waals surface area contributed by atoms with Crippen LogP contribution in [0.25, 0.3) is 0 Å². The fourth-order valence-corrected chi connectivity index (χ4v) is 3.34. The summed E-state index contributed by atoms with van der Waals surface area (Å²) in [6.45, 7) is 3.96. The number of hydrogen-bond donors (Lipinski definition) is 1. The summed E-state index contributed by atoms with van der Waals surface area (Å²) in [4.78, 5) is 12.6. The second-order valence-corrected chi connectivity index (χ2v) is 6.96. The summed E-state index contributed by atoms with van der Waals surface area (Å²) in [5.41, 5.74) is 6.70. The van der Waals surface area contributed by atoms with Crippen molar-refractivity contribution >= 4 is 23.4 Å². The van der Waals surface area contributed by atoms with Crippen LogP contribution >= 0.6 is 11.8 Å². The molecule has 0 spiro atoms. The molecule has 0 aromatic heterocycles. The number of carbonyl (C=O) groups is 1. The first-order chi connectivity index (χ1) is 9.94. The lowest BCUT2D eigenvalue weighted by atomic mass is 10.1. The highest BCUT2D eigenvalue weighted by molar-refractivity contribution is 7.99. The van der Waals surface area contributed by atoms with Crippen molar-refractivity contribution in [3.05, 3.63) is 18.2 Å². The van der Waals surface area contributed by atoms with Crippen LogP contribution in [0, 0.1) is 5.41 Å². The summed E-state index contributed by atoms with van der Waals surface area (Å²) >= 11 is 1.75. The predicted molar refractivity (Wildman–Crippen MR) is 85.6 cm³/mol. The largest absolute Gasteiger partial charge is 0.489 e. The van der Waals surface area contributed by atoms with Gasteiger partial charge < -0.3 is 15.2 Å². The van der Waals surface area contributed by atoms with E-state index in [1.165, 1.54) is 7.11 Å². The predicted octanol–water partition coefficient (Wildman–Crippen LogP) is 3.49. The van der Waals surface area contributed by atoms with Crippen molar-refractivity contribution in [3.63, 3.8) is 0 Å². The molecule has 2 rings (SSSR count). The molecule has 0 aliphatic heterocycles. The van der Waals surface area contributed by atoms with Gasteiger partial charge in [0.05, 0.1) is 25.3 Å². The van der Waals surface area contributed by atoms with Gasteiger partial charge in [0, 0.05) is 10.6 Å². The van der Waals surface area contributed by atoms with Crippen LogP contribution < -0.4 is 10.5 Å². The van der Waals surface area contributed by atoms with E-state index in [-0.39, 0.29) is 17.5 Å². The molecule has 1 aromatic carbocycles. The molecule has 0 atom stereocenters. The van der Waals surface area contributed by atoms with Gasteiger partial charge in [0.25, 0.3) is 0 Å². The highest BCUT2D eigenvalue weighted by atomic mass is 32.2. The van der Waals surface area contributed by atoms with Gasteiger partial charge in [-0.1, -0.05) is 0 Å². The van der Waals surface area contributed by atoms with Gasteiger partial charge in [-0.05, 0) is 50.3 Å². The number of nitrogen functional groups attached to an aromatic ring is 1. The molecule has 116 valence electrons. The number of esters is 1. The van der Waals surface area contributed by atoms with Gasteiger partial charge in [0.1, 0.15) is 5.75 Å². The summed E-state index contributed by atoms with van der Waals surface area (Å²) in [5.74, 6) is 1.54. The number of rotatable bonds is 7. The third kappa shape index (κ3) is 4.56. The SMILES string of the molecule is COC(=O)CC1(CSc2ccc(N)c(OC(C)C)c2)CC1. The molecule has 1 aromatic rings. The Morgan fingerprint density at radius 1 is 1.43 bits per heavy atom. The third-order valence-corrected chi connectivity index (χ3v) is 4.94. The lowest BCUT2D eigenvalue weighted by Crippen LogP contribution is -2.13. The fourth-order valence-electron chi connectivity index (χ4n) is 2.12. The number of nitrogens with two attached hydrogens (primary N) is 1. The third-order valence-electron chi connectivity index (χ3n) is 3.60. The molecule has 5 heteroatoms. The topological polar surface area (TPSA) is 61.5 Å². The minimum Gasteiger partial charge on any atom is -0.489 e. The molecule has 1 aliphatic rings. The first-order valence-corrected chi connectivity index (χ1v) is 8.18. The Kier molecular flexibility index (Phi) is 5.04. The quantitative estimate of drug-likeness (QED) is 0.474. The molecule has 21 heavy (non-hydrogen) atoms. The van der Waals surface area contributed by atoms with E-state index in [2.05, 4.69) is 0 Å². The Bertz CT molecular complexity index is 512. The number of ether oxygens (including phenoxy) is 2. The summed E-state index contributed by atoms with van der Waals surface area (Å²) in [7, 11) is 1.45. The van der Waals surface area contributed by atoms with Crippen molar-refractivity contribution in [2.75, 3.05) is 18.6 Å². The number of hydrogen-bond acceptors (Lipinski definition) is 5. The van der Waals surface area contributed by atoms with Gasteiger partial charge >= 0.3 is 5.97 Å². The zero-order valence-electron chi connectivity index (χ0n) is 12.8. The van der Waals surface area contributed by atoms with Crippen LogP contribution in [0.4, 0.5) is 5.69 Å². The van der Waals surface area contributed by atoms with E-state index in [0.717, 1.165) is 29.2 Å². The maximum absolute atomic E-state index is 11.4. The van der Waals surface area contributed by atoms with E-state index < -0.39 is 0 Å². The maximum Gasteiger partial charge on any atom is 0.306 e. The molecule has 0 saturated heterocycles. The van der Waals surface area contributed by atoms with Crippen molar-refractivity contribution in [3.8, 4) is 5.75 Å². The Labute approximate surface area is 130 Å². The molecule has 0 heterocycles. The Hall–Kier alpha value is -1.36. The minimum atomic E-state index is -0.116. The van der Waals surface area contributed by atoms with E-state index in [0.29, 0.717) is 12.1 Å². The average Bonchev–Trinajstić information content (AvgIpc) is 3.19. The van der Waals surface area contributed by atoms with Crippen molar-refractivity contribution in [2.45, 2.75) is 44.1 Å². The van der Waals surface area contributed by atoms with Crippen LogP contribution in [0.1, 0.15) is 33.1 Å². The molecule has 0 bridgehead atoms. The molecule has 0 radical (unpaired) electrons. The summed E-state index contributed by atoms with van der Waals surface area (Å²) in [5, 5.41) is 0. The van der Waals surface area contributed by atoms with E-state index in [9.17, 15) is 4.79 Å². The molecule has 1 saturated carbocycles. The monoisotopic (exact) mass is 309 g/mol. The fraction of sp³-hybridized carbons (Fsp3) is 0.562. The average molecular weight is 309 g/mol. The molecule has 4 nitrogen and oxygen atoms in total. The van der Waals surface area contributed by atoms with E-state index in [4.69, 9.17) is 15.2 Å². The lowest BCUT2D eigenvalue weighted by Gasteiger charge is -2.15. The van der Waals surface area contributed by atoms with E-state index >= 15 is 0 Å². The second kappa shape index (κ2) is 6.60. The van der Waals surface area contributed by atoms with Crippen LogP contribution in [0.2, 0.25) is 0 Å². The summed E-state index contributed by atoms with van der Waals surface area (Å²) < 4.78 is 10.5. The number of thioether (sulfide) groups is 1. The normalized spacial score (nSPS) is 15.8. The van der Waals surface area contributed by atoms with Crippen LogP contribution in [-0.4, -0.2) is 24.9 Å². The Morgan fingerprint density at radius 2 is 2.14 bits per heavy atom. The number of methoxy groups -OCH3 is 1. The zero-order valence-corrected chi connectivity index (χ0v) is 13.7. The van der Waals surface area contributed by atoms with Gasteiger partial charge in [0.15, 0.2) is 0 Å². The van der Waals surface area contributed by atoms with Crippen LogP contribution in [0.3, 0.4) is 0 Å². The van der Waals surface area contributed by atoms with E-state index in [1.807, 2.05) is 32.0 Å². The molecular weight excluding hydrogens is 286 g/mol. The first-order valence-electron chi connectivity index (χ1n) is 7.20.